The third-order valence-corrected chi connectivity index (χ3v) is 3.27. The lowest BCUT2D eigenvalue weighted by Crippen LogP contribution is -2.33. The minimum Gasteiger partial charge on any atom is -0.399 e. The molecule has 0 spiro atoms. The Kier molecular flexibility index (Phi) is 3.20. The van der Waals surface area contributed by atoms with E-state index in [1.165, 1.54) is 4.68 Å². The third-order valence-electron chi connectivity index (χ3n) is 3.27. The van der Waals surface area contributed by atoms with E-state index in [2.05, 4.69) is 11.7 Å². The Hall–Kier alpha value is -3.01. The number of hydrogen-bond acceptors (Lipinski definition) is 2. The van der Waals surface area contributed by atoms with Crippen molar-refractivity contribution in [2.75, 3.05) is 5.73 Å². The molecule has 3 rings (SSSR count). The second-order valence-electron chi connectivity index (χ2n) is 4.79. The normalized spacial score (nSPS) is 11.7. The van der Waals surface area contributed by atoms with Crippen molar-refractivity contribution in [3.63, 3.8) is 0 Å². The molecular formula is C17H15N3O. The van der Waals surface area contributed by atoms with Gasteiger partial charge in [0.25, 0.3) is 5.56 Å². The van der Waals surface area contributed by atoms with Crippen LogP contribution < -0.4 is 21.9 Å². The minimum atomic E-state index is -0.122. The zero-order chi connectivity index (χ0) is 14.8. The van der Waals surface area contributed by atoms with Gasteiger partial charge in [0.2, 0.25) is 0 Å². The molecule has 3 N–H and O–H groups in total. The Balaban J connectivity index is 2.17. The van der Waals surface area contributed by atoms with Crippen LogP contribution in [0.3, 0.4) is 0 Å². The van der Waals surface area contributed by atoms with Crippen LogP contribution in [-0.2, 0) is 0 Å². The summed E-state index contributed by atoms with van der Waals surface area (Å²) in [5.41, 5.74) is 7.92. The van der Waals surface area contributed by atoms with Gasteiger partial charge < -0.3 is 5.73 Å². The maximum Gasteiger partial charge on any atom is 0.279 e. The summed E-state index contributed by atoms with van der Waals surface area (Å²) < 4.78 is 1.49. The second-order valence-corrected chi connectivity index (χ2v) is 4.79. The van der Waals surface area contributed by atoms with E-state index >= 15 is 0 Å². The fourth-order valence-electron chi connectivity index (χ4n) is 2.16. The number of para-hydroxylation sites is 1. The van der Waals surface area contributed by atoms with Crippen LogP contribution in [-0.4, -0.2) is 9.78 Å². The first-order chi connectivity index (χ1) is 10.1. The maximum absolute atomic E-state index is 12.5. The molecule has 0 radical (unpaired) electrons. The average Bonchev–Trinajstić information content (AvgIpc) is 2.78. The van der Waals surface area contributed by atoms with Crippen molar-refractivity contribution in [1.29, 1.82) is 0 Å². The fraction of sp³-hybridized carbons (Fsp3) is 0. The van der Waals surface area contributed by atoms with Gasteiger partial charge in [0, 0.05) is 5.69 Å². The zero-order valence-electron chi connectivity index (χ0n) is 11.4. The molecule has 2 aromatic carbocycles. The van der Waals surface area contributed by atoms with Gasteiger partial charge in [-0.25, -0.2) is 4.68 Å². The molecule has 0 aliphatic carbocycles. The number of benzene rings is 2. The lowest BCUT2D eigenvalue weighted by atomic mass is 10.2. The van der Waals surface area contributed by atoms with Crippen LogP contribution in [0.15, 0.2) is 59.4 Å². The Morgan fingerprint density at radius 1 is 1.05 bits per heavy atom. The summed E-state index contributed by atoms with van der Waals surface area (Å²) in [7, 11) is 0. The van der Waals surface area contributed by atoms with Crippen LogP contribution in [0.2, 0.25) is 0 Å². The number of aromatic amines is 1. The molecule has 21 heavy (non-hydrogen) atoms. The maximum atomic E-state index is 12.5. The second kappa shape index (κ2) is 5.17. The van der Waals surface area contributed by atoms with E-state index < -0.39 is 0 Å². The topological polar surface area (TPSA) is 63.8 Å². The van der Waals surface area contributed by atoms with Gasteiger partial charge in [-0.2, -0.15) is 0 Å². The molecule has 4 nitrogen and oxygen atoms in total. The molecule has 0 bridgehead atoms. The van der Waals surface area contributed by atoms with E-state index in [4.69, 9.17) is 5.73 Å². The van der Waals surface area contributed by atoms with Crippen LogP contribution >= 0.6 is 0 Å². The highest BCUT2D eigenvalue weighted by atomic mass is 16.1. The number of rotatable bonds is 2. The molecule has 0 unspecified atom stereocenters. The first kappa shape index (κ1) is 13.0. The highest BCUT2D eigenvalue weighted by Gasteiger charge is 2.03. The van der Waals surface area contributed by atoms with Crippen molar-refractivity contribution in [2.45, 2.75) is 0 Å². The summed E-state index contributed by atoms with van der Waals surface area (Å²) >= 11 is 0. The number of hydrogen-bond donors (Lipinski definition) is 2. The molecule has 4 heteroatoms. The summed E-state index contributed by atoms with van der Waals surface area (Å²) in [6.45, 7) is 3.91. The van der Waals surface area contributed by atoms with Gasteiger partial charge in [-0.15, -0.1) is 0 Å². The standard InChI is InChI=1S/C17H15N3O/c1-12-16(11-13-7-9-14(18)10-8-13)17(21)20(19-12)15-5-3-2-4-6-15/h2-11,19H,1,18H2/b16-11-. The van der Waals surface area contributed by atoms with Gasteiger partial charge in [0.05, 0.1) is 16.3 Å². The number of nitrogen functional groups attached to an aromatic ring is 1. The van der Waals surface area contributed by atoms with Crippen LogP contribution in [0.4, 0.5) is 5.69 Å². The number of aromatic nitrogens is 2. The van der Waals surface area contributed by atoms with Crippen molar-refractivity contribution >= 4 is 18.3 Å². The predicted octanol–water partition coefficient (Wildman–Crippen LogP) is 0.987. The number of anilines is 1. The van der Waals surface area contributed by atoms with Crippen LogP contribution in [0.5, 0.6) is 0 Å². The Bertz CT molecular complexity index is 919. The number of H-pyrrole nitrogens is 1. The number of nitrogens with two attached hydrogens (primary N) is 1. The predicted molar refractivity (Wildman–Crippen MR) is 85.6 cm³/mol. The quantitative estimate of drug-likeness (QED) is 0.686. The largest absolute Gasteiger partial charge is 0.399 e. The van der Waals surface area contributed by atoms with Crippen molar-refractivity contribution in [2.24, 2.45) is 0 Å². The molecule has 1 aromatic heterocycles. The molecule has 0 aliphatic rings. The van der Waals surface area contributed by atoms with Crippen LogP contribution in [0.25, 0.3) is 18.3 Å². The molecule has 1 heterocycles. The molecule has 0 aliphatic heterocycles. The smallest absolute Gasteiger partial charge is 0.279 e. The SMILES string of the molecule is C=c1[nH]n(-c2ccccc2)c(=O)/c1=C\c1ccc(N)cc1. The molecule has 0 saturated carbocycles. The lowest BCUT2D eigenvalue weighted by molar-refractivity contribution is 0.838. The Labute approximate surface area is 121 Å². The molecule has 0 atom stereocenters. The zero-order valence-corrected chi connectivity index (χ0v) is 11.4. The van der Waals surface area contributed by atoms with Crippen molar-refractivity contribution in [1.82, 2.24) is 9.78 Å². The van der Waals surface area contributed by atoms with E-state index in [1.54, 1.807) is 18.2 Å². The summed E-state index contributed by atoms with van der Waals surface area (Å²) in [5, 5.41) is 4.13. The third kappa shape index (κ3) is 2.51. The van der Waals surface area contributed by atoms with Crippen LogP contribution in [0, 0.1) is 0 Å². The first-order valence-electron chi connectivity index (χ1n) is 6.58. The Morgan fingerprint density at radius 3 is 2.38 bits per heavy atom. The lowest BCUT2D eigenvalue weighted by Gasteiger charge is -1.98. The van der Waals surface area contributed by atoms with Crippen molar-refractivity contribution in [3.05, 3.63) is 81.1 Å². The van der Waals surface area contributed by atoms with Gasteiger partial charge in [-0.1, -0.05) is 36.9 Å². The van der Waals surface area contributed by atoms with E-state index in [-0.39, 0.29) is 5.56 Å². The molecule has 104 valence electrons. The van der Waals surface area contributed by atoms with Gasteiger partial charge in [-0.05, 0) is 35.9 Å². The highest BCUT2D eigenvalue weighted by Crippen LogP contribution is 2.05. The van der Waals surface area contributed by atoms with Gasteiger partial charge in [0.15, 0.2) is 0 Å². The molecule has 0 fully saturated rings. The molecule has 0 saturated heterocycles. The molecule has 0 amide bonds. The fourth-order valence-corrected chi connectivity index (χ4v) is 2.16. The Morgan fingerprint density at radius 2 is 1.71 bits per heavy atom. The summed E-state index contributed by atoms with van der Waals surface area (Å²) in [6.07, 6.45) is 1.81. The molecular weight excluding hydrogens is 262 g/mol. The van der Waals surface area contributed by atoms with Gasteiger partial charge in [-0.3, -0.25) is 9.89 Å². The van der Waals surface area contributed by atoms with Crippen molar-refractivity contribution < 1.29 is 0 Å². The first-order valence-corrected chi connectivity index (χ1v) is 6.58. The number of nitrogens with zero attached hydrogens (tertiary/aromatic N) is 1. The van der Waals surface area contributed by atoms with E-state index in [1.807, 2.05) is 42.5 Å². The summed E-state index contributed by atoms with van der Waals surface area (Å²) in [5.74, 6) is 0. The summed E-state index contributed by atoms with van der Waals surface area (Å²) in [6, 6.07) is 16.7. The molecule has 3 aromatic rings. The average molecular weight is 277 g/mol. The highest BCUT2D eigenvalue weighted by molar-refractivity contribution is 5.53. The van der Waals surface area contributed by atoms with E-state index in [0.29, 0.717) is 16.3 Å². The van der Waals surface area contributed by atoms with Gasteiger partial charge >= 0.3 is 0 Å². The number of nitrogens with one attached hydrogen (secondary N) is 1. The van der Waals surface area contributed by atoms with E-state index in [9.17, 15) is 4.79 Å². The minimum absolute atomic E-state index is 0.122. The van der Waals surface area contributed by atoms with Crippen LogP contribution in [0.1, 0.15) is 5.56 Å². The van der Waals surface area contributed by atoms with E-state index in [0.717, 1.165) is 11.3 Å². The summed E-state index contributed by atoms with van der Waals surface area (Å²) in [4.78, 5) is 12.5. The van der Waals surface area contributed by atoms with Crippen molar-refractivity contribution in [3.8, 4) is 5.69 Å². The van der Waals surface area contributed by atoms with Gasteiger partial charge in [0.1, 0.15) is 0 Å². The monoisotopic (exact) mass is 277 g/mol.